The Hall–Kier alpha value is -2.99. The van der Waals surface area contributed by atoms with Crippen molar-refractivity contribution in [3.8, 4) is 0 Å². The van der Waals surface area contributed by atoms with Crippen LogP contribution < -0.4 is 15.7 Å². The van der Waals surface area contributed by atoms with Gasteiger partial charge >= 0.3 is 0 Å². The van der Waals surface area contributed by atoms with Crippen LogP contribution in [-0.4, -0.2) is 4.89 Å². The summed E-state index contributed by atoms with van der Waals surface area (Å²) in [5.41, 5.74) is 5.68. The average molecular weight is 394 g/mol. The molecule has 0 saturated carbocycles. The van der Waals surface area contributed by atoms with E-state index in [2.05, 4.69) is 79.9 Å². The minimum atomic E-state index is -0.239. The maximum atomic E-state index is 9.78. The number of rotatable bonds is 5. The van der Waals surface area contributed by atoms with E-state index in [1.807, 2.05) is 30.4 Å². The van der Waals surface area contributed by atoms with Crippen LogP contribution >= 0.6 is 8.81 Å². The Kier molecular flexibility index (Phi) is 5.71. The summed E-state index contributed by atoms with van der Waals surface area (Å²) in [6, 6.07) is 27.1. The summed E-state index contributed by atoms with van der Waals surface area (Å²) in [6.07, 6.45) is 6.19. The molecule has 0 heterocycles. The topological polar surface area (TPSA) is 20.2 Å². The molecule has 1 N–H and O–H groups in total. The minimum Gasteiger partial charge on any atom is -0.372 e. The molecule has 0 radical (unpaired) electrons. The van der Waals surface area contributed by atoms with Crippen molar-refractivity contribution in [2.24, 2.45) is 0 Å². The zero-order valence-corrected chi connectivity index (χ0v) is 17.2. The van der Waals surface area contributed by atoms with E-state index in [1.165, 1.54) is 5.56 Å². The summed E-state index contributed by atoms with van der Waals surface area (Å²) in [6.45, 7) is 8.30. The van der Waals surface area contributed by atoms with Crippen molar-refractivity contribution in [3.63, 3.8) is 0 Å². The Morgan fingerprint density at radius 1 is 0.828 bits per heavy atom. The van der Waals surface area contributed by atoms with Crippen LogP contribution in [0.2, 0.25) is 0 Å². The van der Waals surface area contributed by atoms with Crippen molar-refractivity contribution < 1.29 is 4.89 Å². The summed E-state index contributed by atoms with van der Waals surface area (Å²) in [4.78, 5) is 9.78. The fraction of sp³-hybridized carbons (Fsp3) is 0.0370. The molecule has 3 aromatic carbocycles. The predicted octanol–water partition coefficient (Wildman–Crippen LogP) is 4.34. The van der Waals surface area contributed by atoms with Gasteiger partial charge in [0, 0.05) is 14.7 Å². The molecule has 0 spiro atoms. The van der Waals surface area contributed by atoms with Gasteiger partial charge in [-0.05, 0) is 49.7 Å². The maximum Gasteiger partial charge on any atom is 0.0420 e. The molecule has 0 amide bonds. The zero-order valence-electron chi connectivity index (χ0n) is 16.2. The molecule has 0 saturated heterocycles. The van der Waals surface area contributed by atoms with Crippen LogP contribution in [0.3, 0.4) is 0 Å². The first kappa shape index (κ1) is 19.3. The molecule has 29 heavy (non-hydrogen) atoms. The van der Waals surface area contributed by atoms with Crippen LogP contribution in [0.1, 0.15) is 17.0 Å². The second kappa shape index (κ2) is 8.57. The van der Waals surface area contributed by atoms with Crippen molar-refractivity contribution in [2.75, 3.05) is 0 Å². The molecule has 1 aliphatic rings. The van der Waals surface area contributed by atoms with E-state index in [0.717, 1.165) is 38.0 Å². The summed E-state index contributed by atoms with van der Waals surface area (Å²) in [5.74, 6) is 0.0732. The average Bonchev–Trinajstić information content (AvgIpc) is 2.93. The van der Waals surface area contributed by atoms with Crippen molar-refractivity contribution in [1.82, 2.24) is 0 Å². The normalized spacial score (nSPS) is 16.3. The largest absolute Gasteiger partial charge is 0.372 e. The lowest BCUT2D eigenvalue weighted by atomic mass is 9.85. The molecule has 2 heteroatoms. The standard InChI is InChI=1S/C27H23OP/c1-3-23-24(4-2)27(20-13-9-6-10-14-20)26-18-22(29-28)16-15-21(26)17-25(23)19-11-7-5-8-12-19/h3-18,25,28-29H,1-2H2. The quantitative estimate of drug-likeness (QED) is 0.638. The van der Waals surface area contributed by atoms with Crippen molar-refractivity contribution in [1.29, 1.82) is 0 Å². The summed E-state index contributed by atoms with van der Waals surface area (Å²) in [7, 11) is -0.239. The molecule has 3 aromatic rings. The maximum absolute atomic E-state index is 9.78. The number of hydrogen-bond acceptors (Lipinski definition) is 1. The monoisotopic (exact) mass is 394 g/mol. The van der Waals surface area contributed by atoms with E-state index in [-0.39, 0.29) is 14.7 Å². The highest BCUT2D eigenvalue weighted by atomic mass is 31.1. The van der Waals surface area contributed by atoms with Gasteiger partial charge in [0.15, 0.2) is 0 Å². The Morgan fingerprint density at radius 3 is 2.14 bits per heavy atom. The van der Waals surface area contributed by atoms with Crippen LogP contribution in [0, 0.1) is 0 Å². The second-order valence-electron chi connectivity index (χ2n) is 6.99. The van der Waals surface area contributed by atoms with Gasteiger partial charge < -0.3 is 4.89 Å². The number of hydrogen-bond donors (Lipinski definition) is 1. The van der Waals surface area contributed by atoms with Gasteiger partial charge in [0.05, 0.1) is 0 Å². The molecule has 142 valence electrons. The van der Waals surface area contributed by atoms with Crippen LogP contribution in [0.5, 0.6) is 0 Å². The molecule has 1 nitrogen and oxygen atoms in total. The van der Waals surface area contributed by atoms with Crippen LogP contribution in [0.4, 0.5) is 0 Å². The number of allylic oxidation sites excluding steroid dienone is 4. The molecule has 4 rings (SSSR count). The Morgan fingerprint density at radius 2 is 1.52 bits per heavy atom. The summed E-state index contributed by atoms with van der Waals surface area (Å²) < 4.78 is 0. The van der Waals surface area contributed by atoms with E-state index in [9.17, 15) is 4.89 Å². The molecule has 0 aliphatic heterocycles. The molecular weight excluding hydrogens is 371 g/mol. The van der Waals surface area contributed by atoms with Gasteiger partial charge in [-0.25, -0.2) is 0 Å². The summed E-state index contributed by atoms with van der Waals surface area (Å²) in [5, 5.41) is 3.19. The third-order valence-corrected chi connectivity index (χ3v) is 5.93. The first-order valence-corrected chi connectivity index (χ1v) is 10.6. The molecule has 2 unspecified atom stereocenters. The number of benzene rings is 3. The molecule has 0 bridgehead atoms. The SMILES string of the molecule is C=CC1=C(C=C)C(c2ccccc2)C=c2ccc(PO)cc2=C1c1ccccc1. The predicted molar refractivity (Wildman–Crippen MR) is 126 cm³/mol. The van der Waals surface area contributed by atoms with Gasteiger partial charge in [0.25, 0.3) is 0 Å². The first-order valence-electron chi connectivity index (χ1n) is 9.63. The highest BCUT2D eigenvalue weighted by molar-refractivity contribution is 7.40. The lowest BCUT2D eigenvalue weighted by Gasteiger charge is -2.19. The highest BCUT2D eigenvalue weighted by Crippen LogP contribution is 2.35. The fourth-order valence-electron chi connectivity index (χ4n) is 4.02. The van der Waals surface area contributed by atoms with Crippen molar-refractivity contribution in [2.45, 2.75) is 5.92 Å². The van der Waals surface area contributed by atoms with E-state index in [0.29, 0.717) is 0 Å². The van der Waals surface area contributed by atoms with Gasteiger partial charge in [0.1, 0.15) is 0 Å². The Bertz CT molecular complexity index is 1200. The second-order valence-corrected chi connectivity index (χ2v) is 7.79. The minimum absolute atomic E-state index is 0.0732. The van der Waals surface area contributed by atoms with Gasteiger partial charge in [-0.2, -0.15) is 0 Å². The zero-order chi connectivity index (χ0) is 20.2. The van der Waals surface area contributed by atoms with Gasteiger partial charge in [-0.1, -0.05) is 104 Å². The van der Waals surface area contributed by atoms with E-state index in [1.54, 1.807) is 0 Å². The smallest absolute Gasteiger partial charge is 0.0420 e. The van der Waals surface area contributed by atoms with Crippen molar-refractivity contribution in [3.05, 3.63) is 137 Å². The number of fused-ring (bicyclic) bond motifs is 1. The highest BCUT2D eigenvalue weighted by Gasteiger charge is 2.21. The Labute approximate surface area is 173 Å². The van der Waals surface area contributed by atoms with Crippen LogP contribution in [-0.2, 0) is 0 Å². The summed E-state index contributed by atoms with van der Waals surface area (Å²) >= 11 is 0. The molecule has 0 fully saturated rings. The molecule has 2 atom stereocenters. The molecular formula is C27H23OP. The van der Waals surface area contributed by atoms with E-state index in [4.69, 9.17) is 0 Å². The van der Waals surface area contributed by atoms with Gasteiger partial charge in [0.2, 0.25) is 0 Å². The van der Waals surface area contributed by atoms with Crippen LogP contribution in [0.15, 0.2) is 115 Å². The van der Waals surface area contributed by atoms with Gasteiger partial charge in [-0.3, -0.25) is 0 Å². The fourth-order valence-corrected chi connectivity index (χ4v) is 4.39. The van der Waals surface area contributed by atoms with Crippen molar-refractivity contribution >= 4 is 25.8 Å². The van der Waals surface area contributed by atoms with E-state index >= 15 is 0 Å². The molecule has 0 aromatic heterocycles. The lowest BCUT2D eigenvalue weighted by Crippen LogP contribution is -2.30. The van der Waals surface area contributed by atoms with E-state index < -0.39 is 0 Å². The Balaban J connectivity index is 2.16. The molecule has 1 aliphatic carbocycles. The third kappa shape index (κ3) is 3.68. The van der Waals surface area contributed by atoms with Gasteiger partial charge in [-0.15, -0.1) is 0 Å². The lowest BCUT2D eigenvalue weighted by molar-refractivity contribution is 0.655. The third-order valence-electron chi connectivity index (χ3n) is 5.36. The first-order chi connectivity index (χ1) is 14.3. The van der Waals surface area contributed by atoms with Crippen LogP contribution in [0.25, 0.3) is 11.6 Å².